The van der Waals surface area contributed by atoms with Crippen molar-refractivity contribution in [1.82, 2.24) is 5.43 Å². The Morgan fingerprint density at radius 2 is 1.44 bits per heavy atom. The Morgan fingerprint density at radius 1 is 0.800 bits per heavy atom. The van der Waals surface area contributed by atoms with Crippen LogP contribution >= 0.6 is 31.9 Å². The van der Waals surface area contributed by atoms with E-state index in [1.54, 1.807) is 24.3 Å². The second-order valence-corrected chi connectivity index (χ2v) is 10.7. The van der Waals surface area contributed by atoms with Crippen LogP contribution in [0.5, 0.6) is 5.75 Å². The molecule has 0 aliphatic heterocycles. The number of hydrogen-bond donors (Lipinski definition) is 2. The van der Waals surface area contributed by atoms with E-state index in [-0.39, 0.29) is 28.3 Å². The van der Waals surface area contributed by atoms with Gasteiger partial charge < -0.3 is 10.1 Å². The van der Waals surface area contributed by atoms with Crippen molar-refractivity contribution >= 4 is 79.0 Å². The second kappa shape index (κ2) is 14.8. The predicted octanol–water partition coefficient (Wildman–Crippen LogP) is 6.66. The van der Waals surface area contributed by atoms with E-state index >= 15 is 0 Å². The van der Waals surface area contributed by atoms with Gasteiger partial charge in [-0.25, -0.2) is 10.2 Å². The number of nitrogens with one attached hydrogen (secondary N) is 2. The molecule has 4 aromatic rings. The number of nitrogens with zero attached hydrogens (tertiary/aromatic N) is 3. The monoisotopic (exact) mass is 735 g/mol. The minimum Gasteiger partial charge on any atom is -0.421 e. The van der Waals surface area contributed by atoms with Gasteiger partial charge in [0.25, 0.3) is 23.2 Å². The molecule has 2 amide bonds. The van der Waals surface area contributed by atoms with Crippen molar-refractivity contribution in [3.05, 3.63) is 142 Å². The van der Waals surface area contributed by atoms with Gasteiger partial charge in [0.05, 0.1) is 20.5 Å². The molecular formula is C30H19Br2N5O8. The molecule has 226 valence electrons. The summed E-state index contributed by atoms with van der Waals surface area (Å²) in [5.41, 5.74) is 3.70. The Bertz CT molecular complexity index is 1860. The number of amides is 2. The molecule has 0 heterocycles. The van der Waals surface area contributed by atoms with Crippen LogP contribution in [0.25, 0.3) is 6.08 Å². The van der Waals surface area contributed by atoms with E-state index in [0.29, 0.717) is 25.8 Å². The number of esters is 1. The molecule has 0 saturated heterocycles. The zero-order chi connectivity index (χ0) is 32.5. The van der Waals surface area contributed by atoms with Crippen LogP contribution in [0.2, 0.25) is 0 Å². The van der Waals surface area contributed by atoms with Crippen molar-refractivity contribution in [3.63, 3.8) is 0 Å². The molecule has 0 fully saturated rings. The number of ether oxygens (including phenoxy) is 1. The maximum absolute atomic E-state index is 12.8. The van der Waals surface area contributed by atoms with E-state index < -0.39 is 27.6 Å². The van der Waals surface area contributed by atoms with Crippen LogP contribution in [0.3, 0.4) is 0 Å². The standard InChI is InChI=1S/C30H19Br2N5O8/c31-22-14-21(28(26(32)16-22)45-27(38)13-6-18-4-9-24(10-5-18)36(41)42)17-33-35-30(40)20-2-1-3-23(15-20)34-29(39)19-7-11-25(12-8-19)37(43)44/h1-17H,(H,34,39)(H,35,40)/b13-6+,33-17?. The van der Waals surface area contributed by atoms with Gasteiger partial charge in [0.1, 0.15) is 0 Å². The van der Waals surface area contributed by atoms with E-state index in [1.807, 2.05) is 0 Å². The number of anilines is 1. The summed E-state index contributed by atoms with van der Waals surface area (Å²) in [5, 5.41) is 28.2. The van der Waals surface area contributed by atoms with Crippen LogP contribution < -0.4 is 15.5 Å². The molecule has 45 heavy (non-hydrogen) atoms. The van der Waals surface area contributed by atoms with Gasteiger partial charge in [0.2, 0.25) is 0 Å². The van der Waals surface area contributed by atoms with Gasteiger partial charge in [-0.1, -0.05) is 22.0 Å². The van der Waals surface area contributed by atoms with Crippen molar-refractivity contribution in [2.75, 3.05) is 5.32 Å². The third kappa shape index (κ3) is 8.98. The van der Waals surface area contributed by atoms with E-state index in [4.69, 9.17) is 4.74 Å². The summed E-state index contributed by atoms with van der Waals surface area (Å²) in [6.07, 6.45) is 3.87. The van der Waals surface area contributed by atoms with Crippen molar-refractivity contribution in [2.24, 2.45) is 5.10 Å². The molecule has 0 aliphatic rings. The Balaban J connectivity index is 1.41. The Hall–Kier alpha value is -5.54. The lowest BCUT2D eigenvalue weighted by Gasteiger charge is -2.09. The molecule has 0 atom stereocenters. The minimum atomic E-state index is -0.734. The second-order valence-electron chi connectivity index (χ2n) is 8.95. The van der Waals surface area contributed by atoms with Gasteiger partial charge in [0.15, 0.2) is 5.75 Å². The van der Waals surface area contributed by atoms with Crippen LogP contribution in [0.4, 0.5) is 17.1 Å². The van der Waals surface area contributed by atoms with Gasteiger partial charge in [-0.3, -0.25) is 29.8 Å². The number of halogens is 2. The van der Waals surface area contributed by atoms with E-state index in [2.05, 4.69) is 47.7 Å². The molecular weight excluding hydrogens is 718 g/mol. The molecule has 0 radical (unpaired) electrons. The number of nitro benzene ring substituents is 2. The Labute approximate surface area is 271 Å². The van der Waals surface area contributed by atoms with E-state index in [0.717, 1.165) is 6.08 Å². The number of nitro groups is 2. The minimum absolute atomic E-state index is 0.0799. The van der Waals surface area contributed by atoms with Crippen LogP contribution in [0.15, 0.2) is 105 Å². The number of carbonyl (C=O) groups excluding carboxylic acids is 3. The maximum atomic E-state index is 12.8. The normalized spacial score (nSPS) is 10.9. The Morgan fingerprint density at radius 3 is 2.09 bits per heavy atom. The molecule has 0 aliphatic carbocycles. The SMILES string of the molecule is O=C(/C=C/c1ccc([N+](=O)[O-])cc1)Oc1c(Br)cc(Br)cc1C=NNC(=O)c1cccc(NC(=O)c2ccc([N+](=O)[O-])cc2)c1. The van der Waals surface area contributed by atoms with Crippen molar-refractivity contribution in [2.45, 2.75) is 0 Å². The molecule has 0 bridgehead atoms. The molecule has 0 aromatic heterocycles. The van der Waals surface area contributed by atoms with Gasteiger partial charge in [-0.05, 0) is 82.2 Å². The topological polar surface area (TPSA) is 183 Å². The van der Waals surface area contributed by atoms with Crippen molar-refractivity contribution in [3.8, 4) is 5.75 Å². The van der Waals surface area contributed by atoms with E-state index in [1.165, 1.54) is 73.0 Å². The van der Waals surface area contributed by atoms with Crippen molar-refractivity contribution < 1.29 is 29.0 Å². The highest BCUT2D eigenvalue weighted by molar-refractivity contribution is 9.11. The maximum Gasteiger partial charge on any atom is 0.336 e. The lowest BCUT2D eigenvalue weighted by atomic mass is 10.1. The quantitative estimate of drug-likeness (QED) is 0.0452. The van der Waals surface area contributed by atoms with E-state index in [9.17, 15) is 34.6 Å². The molecule has 2 N–H and O–H groups in total. The lowest BCUT2D eigenvalue weighted by molar-refractivity contribution is -0.385. The fraction of sp³-hybridized carbons (Fsp3) is 0. The molecule has 4 aromatic carbocycles. The third-order valence-corrected chi connectivity index (χ3v) is 6.90. The number of non-ortho nitro benzene ring substituents is 2. The number of hydrogen-bond acceptors (Lipinski definition) is 9. The zero-order valence-corrected chi connectivity index (χ0v) is 25.9. The van der Waals surface area contributed by atoms with Crippen molar-refractivity contribution in [1.29, 1.82) is 0 Å². The predicted molar refractivity (Wildman–Crippen MR) is 172 cm³/mol. The summed E-state index contributed by atoms with van der Waals surface area (Å²) < 4.78 is 6.53. The first kappa shape index (κ1) is 32.4. The van der Waals surface area contributed by atoms with Crippen LogP contribution in [-0.2, 0) is 4.79 Å². The molecule has 0 unspecified atom stereocenters. The molecule has 0 saturated carbocycles. The molecule has 15 heteroatoms. The lowest BCUT2D eigenvalue weighted by Crippen LogP contribution is -2.18. The third-order valence-electron chi connectivity index (χ3n) is 5.85. The first-order chi connectivity index (χ1) is 21.5. The van der Waals surface area contributed by atoms with Crippen LogP contribution in [0.1, 0.15) is 31.8 Å². The van der Waals surface area contributed by atoms with Gasteiger partial charge in [-0.15, -0.1) is 0 Å². The average Bonchev–Trinajstić information content (AvgIpc) is 3.02. The summed E-state index contributed by atoms with van der Waals surface area (Å²) in [6.45, 7) is 0. The van der Waals surface area contributed by atoms with Gasteiger partial charge in [-0.2, -0.15) is 5.10 Å². The summed E-state index contributed by atoms with van der Waals surface area (Å²) in [6, 6.07) is 20.0. The fourth-order valence-electron chi connectivity index (χ4n) is 3.69. The first-order valence-electron chi connectivity index (χ1n) is 12.6. The van der Waals surface area contributed by atoms with Gasteiger partial charge in [0, 0.05) is 57.2 Å². The highest BCUT2D eigenvalue weighted by atomic mass is 79.9. The summed E-state index contributed by atoms with van der Waals surface area (Å²) in [5.74, 6) is -1.74. The zero-order valence-electron chi connectivity index (χ0n) is 22.7. The molecule has 13 nitrogen and oxygen atoms in total. The average molecular weight is 737 g/mol. The van der Waals surface area contributed by atoms with Crippen LogP contribution in [0, 0.1) is 20.2 Å². The highest BCUT2D eigenvalue weighted by Crippen LogP contribution is 2.32. The highest BCUT2D eigenvalue weighted by Gasteiger charge is 2.14. The number of benzene rings is 4. The number of hydrazone groups is 1. The van der Waals surface area contributed by atoms with Crippen LogP contribution in [-0.4, -0.2) is 33.8 Å². The summed E-state index contributed by atoms with van der Waals surface area (Å²) in [7, 11) is 0. The smallest absolute Gasteiger partial charge is 0.336 e. The molecule has 0 spiro atoms. The largest absolute Gasteiger partial charge is 0.421 e. The first-order valence-corrected chi connectivity index (χ1v) is 14.2. The fourth-order valence-corrected chi connectivity index (χ4v) is 5.03. The summed E-state index contributed by atoms with van der Waals surface area (Å²) >= 11 is 6.70. The van der Waals surface area contributed by atoms with Gasteiger partial charge >= 0.3 is 5.97 Å². The molecule has 4 rings (SSSR count). The number of rotatable bonds is 10. The Kier molecular flexibility index (Phi) is 10.6. The summed E-state index contributed by atoms with van der Waals surface area (Å²) in [4.78, 5) is 58.4. The number of carbonyl (C=O) groups is 3.